The fourth-order valence-electron chi connectivity index (χ4n) is 1.65. The second kappa shape index (κ2) is 5.92. The van der Waals surface area contributed by atoms with Crippen molar-refractivity contribution in [2.24, 2.45) is 0 Å². The maximum absolute atomic E-state index is 13.0. The first kappa shape index (κ1) is 14.6. The molecule has 6 nitrogen and oxygen atoms in total. The molecule has 18 heavy (non-hydrogen) atoms. The van der Waals surface area contributed by atoms with Crippen LogP contribution in [0.5, 0.6) is 0 Å². The van der Waals surface area contributed by atoms with E-state index in [0.29, 0.717) is 0 Å². The molecule has 1 aliphatic rings. The average molecular weight is 260 g/mol. The molecule has 0 aliphatic carbocycles. The van der Waals surface area contributed by atoms with E-state index < -0.39 is 35.5 Å². The van der Waals surface area contributed by atoms with Crippen LogP contribution < -0.4 is 11.2 Å². The van der Waals surface area contributed by atoms with Gasteiger partial charge in [0.15, 0.2) is 0 Å². The van der Waals surface area contributed by atoms with Crippen LogP contribution in [0.4, 0.5) is 4.39 Å². The number of aliphatic hydroxyl groups is 1. The third kappa shape index (κ3) is 2.85. The molecule has 0 saturated carbocycles. The lowest BCUT2D eigenvalue weighted by molar-refractivity contribution is -0.0105. The van der Waals surface area contributed by atoms with E-state index >= 15 is 0 Å². The Hall–Kier alpha value is -1.47. The molecule has 0 amide bonds. The number of ether oxygens (including phenoxy) is 1. The summed E-state index contributed by atoms with van der Waals surface area (Å²) in [5, 5.41) is 9.44. The van der Waals surface area contributed by atoms with Crippen LogP contribution in [0.2, 0.25) is 0 Å². The van der Waals surface area contributed by atoms with E-state index in [-0.39, 0.29) is 6.42 Å². The predicted molar refractivity (Wildman–Crippen MR) is 62.8 cm³/mol. The average Bonchev–Trinajstić information content (AvgIpc) is 2.67. The second-order valence-electron chi connectivity index (χ2n) is 3.74. The highest BCUT2D eigenvalue weighted by molar-refractivity contribution is 4.90. The first-order valence-electron chi connectivity index (χ1n) is 5.83. The van der Waals surface area contributed by atoms with Gasteiger partial charge in [-0.3, -0.25) is 14.3 Å². The molecule has 1 aliphatic heterocycles. The van der Waals surface area contributed by atoms with Crippen LogP contribution in [0, 0.1) is 5.82 Å². The van der Waals surface area contributed by atoms with Crippen molar-refractivity contribution in [1.29, 1.82) is 0 Å². The van der Waals surface area contributed by atoms with Crippen molar-refractivity contribution in [2.75, 3.05) is 0 Å². The summed E-state index contributed by atoms with van der Waals surface area (Å²) < 4.78 is 19.2. The summed E-state index contributed by atoms with van der Waals surface area (Å²) >= 11 is 0. The Bertz CT molecular complexity index is 501. The number of H-pyrrole nitrogens is 1. The number of aromatic nitrogens is 2. The maximum Gasteiger partial charge on any atom is 0.330 e. The third-order valence-corrected chi connectivity index (χ3v) is 2.59. The van der Waals surface area contributed by atoms with Crippen LogP contribution in [0.15, 0.2) is 15.8 Å². The van der Waals surface area contributed by atoms with Gasteiger partial charge in [-0.2, -0.15) is 4.39 Å². The molecule has 7 heteroatoms. The minimum absolute atomic E-state index is 0.187. The van der Waals surface area contributed by atoms with Crippen LogP contribution in [0.25, 0.3) is 0 Å². The Kier molecular flexibility index (Phi) is 4.80. The molecule has 1 saturated heterocycles. The molecule has 0 radical (unpaired) electrons. The van der Waals surface area contributed by atoms with Crippen molar-refractivity contribution in [3.8, 4) is 0 Å². The van der Waals surface area contributed by atoms with Gasteiger partial charge in [0.1, 0.15) is 6.23 Å². The van der Waals surface area contributed by atoms with Crippen molar-refractivity contribution in [2.45, 2.75) is 45.6 Å². The molecule has 0 aromatic carbocycles. The van der Waals surface area contributed by atoms with Crippen molar-refractivity contribution < 1.29 is 14.2 Å². The molecule has 1 aromatic rings. The normalized spacial score (nSPS) is 26.6. The minimum Gasteiger partial charge on any atom is -0.390 e. The number of rotatable bonds is 1. The first-order valence-corrected chi connectivity index (χ1v) is 5.83. The van der Waals surface area contributed by atoms with Crippen molar-refractivity contribution in [1.82, 2.24) is 9.55 Å². The van der Waals surface area contributed by atoms with E-state index in [1.165, 1.54) is 0 Å². The number of halogens is 1. The summed E-state index contributed by atoms with van der Waals surface area (Å²) in [5.41, 5.74) is -1.81. The number of aromatic amines is 1. The first-order chi connectivity index (χ1) is 8.49. The van der Waals surface area contributed by atoms with E-state index in [2.05, 4.69) is 0 Å². The van der Waals surface area contributed by atoms with Gasteiger partial charge in [-0.05, 0) is 6.92 Å². The van der Waals surface area contributed by atoms with E-state index in [4.69, 9.17) is 4.74 Å². The standard InChI is InChI=1S/C9H11FN2O4.C2H6/c1-4-6(13)2-7(16-4)12-3-5(10)8(14)11-9(12)15;1-2/h3-4,6-7,13H,2H2,1H3,(H,11,14,15);1-2H3/t4?,6-,7?;/m1./s1. The molecule has 2 N–H and O–H groups in total. The maximum atomic E-state index is 13.0. The molecule has 0 spiro atoms. The Labute approximate surface area is 103 Å². The van der Waals surface area contributed by atoms with Gasteiger partial charge in [0.2, 0.25) is 5.82 Å². The van der Waals surface area contributed by atoms with E-state index in [1.807, 2.05) is 18.8 Å². The highest BCUT2D eigenvalue weighted by Crippen LogP contribution is 2.26. The zero-order valence-electron chi connectivity index (χ0n) is 10.5. The molecular formula is C11H17FN2O4. The van der Waals surface area contributed by atoms with Gasteiger partial charge in [-0.15, -0.1) is 0 Å². The van der Waals surface area contributed by atoms with Crippen LogP contribution in [-0.4, -0.2) is 26.9 Å². The van der Waals surface area contributed by atoms with Gasteiger partial charge in [-0.25, -0.2) is 4.79 Å². The van der Waals surface area contributed by atoms with Crippen LogP contribution >= 0.6 is 0 Å². The van der Waals surface area contributed by atoms with E-state index in [9.17, 15) is 19.1 Å². The molecule has 2 unspecified atom stereocenters. The molecule has 1 aromatic heterocycles. The van der Waals surface area contributed by atoms with Crippen molar-refractivity contribution in [3.63, 3.8) is 0 Å². The predicted octanol–water partition coefficient (Wildman–Crippen LogP) is 0.370. The zero-order chi connectivity index (χ0) is 13.9. The fourth-order valence-corrected chi connectivity index (χ4v) is 1.65. The molecule has 0 bridgehead atoms. The van der Waals surface area contributed by atoms with Gasteiger partial charge in [0.25, 0.3) is 5.56 Å². The van der Waals surface area contributed by atoms with Crippen LogP contribution in [0.3, 0.4) is 0 Å². The van der Waals surface area contributed by atoms with E-state index in [0.717, 1.165) is 10.8 Å². The summed E-state index contributed by atoms with van der Waals surface area (Å²) in [4.78, 5) is 24.0. The highest BCUT2D eigenvalue weighted by Gasteiger charge is 2.32. The Morgan fingerprint density at radius 1 is 1.50 bits per heavy atom. The van der Waals surface area contributed by atoms with Crippen molar-refractivity contribution in [3.05, 3.63) is 32.9 Å². The van der Waals surface area contributed by atoms with Gasteiger partial charge >= 0.3 is 5.69 Å². The Morgan fingerprint density at radius 2 is 2.11 bits per heavy atom. The molecule has 2 rings (SSSR count). The van der Waals surface area contributed by atoms with Gasteiger partial charge in [0.05, 0.1) is 18.4 Å². The van der Waals surface area contributed by atoms with Gasteiger partial charge in [0, 0.05) is 6.42 Å². The third-order valence-electron chi connectivity index (χ3n) is 2.59. The zero-order valence-corrected chi connectivity index (χ0v) is 10.5. The summed E-state index contributed by atoms with van der Waals surface area (Å²) in [5.74, 6) is -1.06. The second-order valence-corrected chi connectivity index (χ2v) is 3.74. The molecule has 1 fully saturated rings. The number of aliphatic hydroxyl groups excluding tert-OH is 1. The number of nitrogens with one attached hydrogen (secondary N) is 1. The number of hydrogen-bond acceptors (Lipinski definition) is 4. The Balaban J connectivity index is 0.000000771. The monoisotopic (exact) mass is 260 g/mol. The van der Waals surface area contributed by atoms with E-state index in [1.54, 1.807) is 6.92 Å². The summed E-state index contributed by atoms with van der Waals surface area (Å²) in [6.45, 7) is 5.65. The van der Waals surface area contributed by atoms with Crippen LogP contribution in [0.1, 0.15) is 33.4 Å². The van der Waals surface area contributed by atoms with Gasteiger partial charge in [-0.1, -0.05) is 13.8 Å². The SMILES string of the molecule is CC.CC1OC(n2cc(F)c(=O)[nH]c2=O)C[C@H]1O. The quantitative estimate of drug-likeness (QED) is 0.764. The number of hydrogen-bond donors (Lipinski definition) is 2. The summed E-state index contributed by atoms with van der Waals surface area (Å²) in [6.07, 6.45) is -0.897. The molecule has 2 heterocycles. The largest absolute Gasteiger partial charge is 0.390 e. The lowest BCUT2D eigenvalue weighted by Gasteiger charge is -2.12. The molecule has 102 valence electrons. The number of nitrogens with zero attached hydrogens (tertiary/aromatic N) is 1. The Morgan fingerprint density at radius 3 is 2.61 bits per heavy atom. The topological polar surface area (TPSA) is 84.3 Å². The molecule has 3 atom stereocenters. The summed E-state index contributed by atoms with van der Waals surface area (Å²) in [6, 6.07) is 0. The fraction of sp³-hybridized carbons (Fsp3) is 0.636. The smallest absolute Gasteiger partial charge is 0.330 e. The molecular weight excluding hydrogens is 243 g/mol. The minimum atomic E-state index is -1.06. The van der Waals surface area contributed by atoms with Gasteiger partial charge < -0.3 is 9.84 Å². The van der Waals surface area contributed by atoms with Crippen molar-refractivity contribution >= 4 is 0 Å². The highest BCUT2D eigenvalue weighted by atomic mass is 19.1. The van der Waals surface area contributed by atoms with Crippen LogP contribution in [-0.2, 0) is 4.74 Å². The lowest BCUT2D eigenvalue weighted by Crippen LogP contribution is -2.33. The summed E-state index contributed by atoms with van der Waals surface area (Å²) in [7, 11) is 0. The lowest BCUT2D eigenvalue weighted by atomic mass is 10.2.